The van der Waals surface area contributed by atoms with Crippen LogP contribution in [0.1, 0.15) is 71.8 Å². The van der Waals surface area contributed by atoms with Gasteiger partial charge in [0.1, 0.15) is 6.23 Å². The largest absolute Gasteiger partial charge is 0.374 e. The zero-order chi connectivity index (χ0) is 34.9. The molecular formula is C40H52N6O4. The second-order valence-electron chi connectivity index (χ2n) is 14.1. The minimum absolute atomic E-state index is 0.209. The topological polar surface area (TPSA) is 108 Å². The molecule has 3 aromatic carbocycles. The van der Waals surface area contributed by atoms with E-state index in [9.17, 15) is 19.5 Å². The predicted octanol–water partition coefficient (Wildman–Crippen LogP) is 3.95. The van der Waals surface area contributed by atoms with Gasteiger partial charge < -0.3 is 14.9 Å². The Labute approximate surface area is 296 Å². The number of imide groups is 1. The van der Waals surface area contributed by atoms with Crippen LogP contribution in [0.3, 0.4) is 0 Å². The number of piperazine rings is 1. The number of nitrogens with one attached hydrogen (secondary N) is 2. The average Bonchev–Trinajstić information content (AvgIpc) is 3.15. The molecule has 10 heteroatoms. The van der Waals surface area contributed by atoms with Crippen molar-refractivity contribution in [3.8, 4) is 0 Å². The Balaban J connectivity index is 0.970. The molecule has 3 fully saturated rings. The van der Waals surface area contributed by atoms with Crippen molar-refractivity contribution in [2.24, 2.45) is 0 Å². The lowest BCUT2D eigenvalue weighted by atomic mass is 9.88. The molecule has 1 aliphatic carbocycles. The van der Waals surface area contributed by atoms with E-state index >= 15 is 0 Å². The Bertz CT molecular complexity index is 1520. The summed E-state index contributed by atoms with van der Waals surface area (Å²) < 4.78 is 0. The van der Waals surface area contributed by atoms with Crippen molar-refractivity contribution in [2.75, 3.05) is 51.2 Å². The number of hydrogen-bond donors (Lipinski definition) is 3. The van der Waals surface area contributed by atoms with Crippen LogP contribution in [0.25, 0.3) is 0 Å². The summed E-state index contributed by atoms with van der Waals surface area (Å²) in [4.78, 5) is 46.0. The van der Waals surface area contributed by atoms with Crippen LogP contribution in [-0.4, -0.2) is 102 Å². The van der Waals surface area contributed by atoms with Gasteiger partial charge in [-0.3, -0.25) is 34.8 Å². The third kappa shape index (κ3) is 9.24. The van der Waals surface area contributed by atoms with Crippen LogP contribution in [0, 0.1) is 0 Å². The summed E-state index contributed by atoms with van der Waals surface area (Å²) in [7, 11) is 2.28. The lowest BCUT2D eigenvalue weighted by Gasteiger charge is -2.41. The van der Waals surface area contributed by atoms with Crippen molar-refractivity contribution < 1.29 is 19.5 Å². The third-order valence-electron chi connectivity index (χ3n) is 10.9. The number of carbonyl (C=O) groups is 3. The highest BCUT2D eigenvalue weighted by molar-refractivity contribution is 6.00. The van der Waals surface area contributed by atoms with Gasteiger partial charge in [0.15, 0.2) is 6.29 Å². The molecule has 3 aliphatic rings. The summed E-state index contributed by atoms with van der Waals surface area (Å²) in [6, 6.07) is 27.6. The smallest absolute Gasteiger partial charge is 0.243 e. The summed E-state index contributed by atoms with van der Waals surface area (Å²) in [5, 5.41) is 16.2. The number of likely N-dealkylation sites (N-methyl/N-ethyl adjacent to an activating group) is 1. The first kappa shape index (κ1) is 35.9. The van der Waals surface area contributed by atoms with E-state index in [-0.39, 0.29) is 12.3 Å². The Morgan fingerprint density at radius 2 is 1.46 bits per heavy atom. The van der Waals surface area contributed by atoms with Crippen LogP contribution in [0.15, 0.2) is 78.9 Å². The molecule has 10 nitrogen and oxygen atoms in total. The van der Waals surface area contributed by atoms with Crippen molar-refractivity contribution in [3.63, 3.8) is 0 Å². The summed E-state index contributed by atoms with van der Waals surface area (Å²) in [5.41, 5.74) is 4.40. The minimum atomic E-state index is -1.21. The molecule has 0 bridgehead atoms. The van der Waals surface area contributed by atoms with Gasteiger partial charge in [0.05, 0.1) is 6.04 Å². The van der Waals surface area contributed by atoms with Crippen LogP contribution in [-0.2, 0) is 22.7 Å². The van der Waals surface area contributed by atoms with E-state index < -0.39 is 18.2 Å². The van der Waals surface area contributed by atoms with Gasteiger partial charge >= 0.3 is 0 Å². The van der Waals surface area contributed by atoms with Crippen molar-refractivity contribution in [1.82, 2.24) is 25.3 Å². The molecule has 2 heterocycles. The lowest BCUT2D eigenvalue weighted by Crippen LogP contribution is -2.51. The first-order valence-corrected chi connectivity index (χ1v) is 18.2. The molecule has 50 heavy (non-hydrogen) atoms. The molecule has 2 atom stereocenters. The lowest BCUT2D eigenvalue weighted by molar-refractivity contribution is -0.135. The number of aldehydes is 1. The van der Waals surface area contributed by atoms with E-state index in [1.165, 1.54) is 36.8 Å². The molecule has 0 spiro atoms. The SMILES string of the molecule is CN(CCN1CCN(c2cccc(C(O)NC3CCC(=O)NC3=O)c2C=O)CC1)[C@H]1CC[C@@H](N(Cc2ccccc2)Cc2ccccc2)CC1. The summed E-state index contributed by atoms with van der Waals surface area (Å²) >= 11 is 0. The summed E-state index contributed by atoms with van der Waals surface area (Å²) in [5.74, 6) is -0.768. The molecule has 2 amide bonds. The van der Waals surface area contributed by atoms with Gasteiger partial charge in [-0.25, -0.2) is 0 Å². The van der Waals surface area contributed by atoms with Crippen molar-refractivity contribution in [2.45, 2.75) is 76.0 Å². The summed E-state index contributed by atoms with van der Waals surface area (Å²) in [6.07, 6.45) is 4.94. The minimum Gasteiger partial charge on any atom is -0.374 e. The Hall–Kier alpha value is -3.93. The first-order valence-electron chi connectivity index (χ1n) is 18.2. The Morgan fingerprint density at radius 1 is 0.840 bits per heavy atom. The van der Waals surface area contributed by atoms with Crippen molar-refractivity contribution in [3.05, 3.63) is 101 Å². The van der Waals surface area contributed by atoms with Crippen LogP contribution in [0.2, 0.25) is 0 Å². The monoisotopic (exact) mass is 680 g/mol. The molecule has 3 N–H and O–H groups in total. The molecule has 2 saturated heterocycles. The number of aliphatic hydroxyl groups is 1. The molecule has 2 unspecified atom stereocenters. The standard InChI is InChI=1S/C40H52N6O4/c1-43(32-15-17-33(18-16-32)46(27-30-9-4-2-5-10-30)28-31-11-6-3-7-12-31)21-22-44-23-25-45(26-24-44)37-14-8-13-34(35(37)29-47)39(49)41-36-19-20-38(48)42-40(36)50/h2-14,29,32-33,36,39,41,49H,15-28H2,1H3,(H,42,48,50)/t32-,33+,36?,39?. The number of hydrogen-bond acceptors (Lipinski definition) is 9. The molecule has 266 valence electrons. The van der Waals surface area contributed by atoms with Crippen LogP contribution >= 0.6 is 0 Å². The van der Waals surface area contributed by atoms with Gasteiger partial charge in [-0.1, -0.05) is 72.8 Å². The van der Waals surface area contributed by atoms with Crippen LogP contribution in [0.4, 0.5) is 5.69 Å². The fourth-order valence-corrected chi connectivity index (χ4v) is 7.85. The second-order valence-corrected chi connectivity index (χ2v) is 14.1. The molecule has 0 aromatic heterocycles. The predicted molar refractivity (Wildman–Crippen MR) is 196 cm³/mol. The maximum atomic E-state index is 12.3. The van der Waals surface area contributed by atoms with E-state index in [2.05, 4.69) is 97.9 Å². The molecule has 0 radical (unpaired) electrons. The van der Waals surface area contributed by atoms with Crippen LogP contribution < -0.4 is 15.5 Å². The fourth-order valence-electron chi connectivity index (χ4n) is 7.85. The number of aliphatic hydroxyl groups excluding tert-OH is 1. The number of piperidine rings is 1. The van der Waals surface area contributed by atoms with E-state index in [1.54, 1.807) is 6.07 Å². The van der Waals surface area contributed by atoms with E-state index in [0.29, 0.717) is 29.6 Å². The number of amides is 2. The van der Waals surface area contributed by atoms with Crippen molar-refractivity contribution >= 4 is 23.8 Å². The number of nitrogens with zero attached hydrogens (tertiary/aromatic N) is 4. The maximum Gasteiger partial charge on any atom is 0.243 e. The van der Waals surface area contributed by atoms with Gasteiger partial charge in [0.2, 0.25) is 11.8 Å². The molecule has 1 saturated carbocycles. The average molecular weight is 681 g/mol. The van der Waals surface area contributed by atoms with Gasteiger partial charge in [0, 0.05) is 87.7 Å². The van der Waals surface area contributed by atoms with E-state index in [4.69, 9.17) is 0 Å². The van der Waals surface area contributed by atoms with Crippen LogP contribution in [0.5, 0.6) is 0 Å². The first-order chi connectivity index (χ1) is 24.4. The highest BCUT2D eigenvalue weighted by Gasteiger charge is 2.31. The number of carbonyl (C=O) groups excluding carboxylic acids is 3. The summed E-state index contributed by atoms with van der Waals surface area (Å²) in [6.45, 7) is 7.36. The van der Waals surface area contributed by atoms with E-state index in [1.807, 2.05) is 12.1 Å². The Morgan fingerprint density at radius 3 is 2.06 bits per heavy atom. The van der Waals surface area contributed by atoms with Gasteiger partial charge in [-0.15, -0.1) is 0 Å². The number of rotatable bonds is 14. The Kier molecular flexibility index (Phi) is 12.4. The fraction of sp³-hybridized carbons (Fsp3) is 0.475. The third-order valence-corrected chi connectivity index (χ3v) is 10.9. The zero-order valence-corrected chi connectivity index (χ0v) is 29.3. The number of benzene rings is 3. The second kappa shape index (κ2) is 17.3. The van der Waals surface area contributed by atoms with Gasteiger partial charge in [0.25, 0.3) is 0 Å². The maximum absolute atomic E-state index is 12.3. The van der Waals surface area contributed by atoms with E-state index in [0.717, 1.165) is 64.3 Å². The molecular weight excluding hydrogens is 628 g/mol. The zero-order valence-electron chi connectivity index (χ0n) is 29.3. The quantitative estimate of drug-likeness (QED) is 0.133. The van der Waals surface area contributed by atoms with Gasteiger partial charge in [-0.2, -0.15) is 0 Å². The van der Waals surface area contributed by atoms with Crippen molar-refractivity contribution in [1.29, 1.82) is 0 Å². The molecule has 3 aromatic rings. The molecule has 2 aliphatic heterocycles. The highest BCUT2D eigenvalue weighted by Crippen LogP contribution is 2.30. The molecule has 6 rings (SSSR count). The highest BCUT2D eigenvalue weighted by atomic mass is 16.3. The normalized spacial score (nSPS) is 22.5. The van der Waals surface area contributed by atoms with Gasteiger partial charge in [-0.05, 0) is 56.3 Å². The number of anilines is 1.